The molecule has 0 atom stereocenters. The molecule has 1 aliphatic rings. The quantitative estimate of drug-likeness (QED) is 0.766. The van der Waals surface area contributed by atoms with Crippen molar-refractivity contribution in [2.45, 2.75) is 5.88 Å². The van der Waals surface area contributed by atoms with Crippen LogP contribution in [0.4, 0.5) is 5.69 Å². The summed E-state index contributed by atoms with van der Waals surface area (Å²) < 4.78 is 0. The van der Waals surface area contributed by atoms with Crippen LogP contribution < -0.4 is 4.90 Å². The van der Waals surface area contributed by atoms with Crippen molar-refractivity contribution in [1.29, 1.82) is 0 Å². The molecule has 0 unspecified atom stereocenters. The van der Waals surface area contributed by atoms with E-state index >= 15 is 0 Å². The summed E-state index contributed by atoms with van der Waals surface area (Å²) in [4.78, 5) is 7.25. The van der Waals surface area contributed by atoms with Crippen molar-refractivity contribution in [3.05, 3.63) is 29.8 Å². The SMILES string of the molecule is CN(C)CCN1CCN(c2ccccc2CCl)CC1. The number of rotatable bonds is 5. The molecular weight excluding hydrogens is 258 g/mol. The van der Waals surface area contributed by atoms with Crippen LogP contribution >= 0.6 is 11.6 Å². The maximum Gasteiger partial charge on any atom is 0.0494 e. The van der Waals surface area contributed by atoms with Gasteiger partial charge in [-0.15, -0.1) is 11.6 Å². The minimum Gasteiger partial charge on any atom is -0.369 e. The summed E-state index contributed by atoms with van der Waals surface area (Å²) in [6.07, 6.45) is 0. The molecule has 0 N–H and O–H groups in total. The van der Waals surface area contributed by atoms with Crippen LogP contribution in [0.2, 0.25) is 0 Å². The summed E-state index contributed by atoms with van der Waals surface area (Å²) >= 11 is 6.02. The van der Waals surface area contributed by atoms with Crippen molar-refractivity contribution >= 4 is 17.3 Å². The zero-order valence-corrected chi connectivity index (χ0v) is 12.7. The van der Waals surface area contributed by atoms with E-state index in [2.05, 4.69) is 53.1 Å². The fraction of sp³-hybridized carbons (Fsp3) is 0.600. The first kappa shape index (κ1) is 14.6. The molecule has 0 amide bonds. The minimum absolute atomic E-state index is 0.594. The van der Waals surface area contributed by atoms with Crippen molar-refractivity contribution in [3.8, 4) is 0 Å². The zero-order chi connectivity index (χ0) is 13.7. The van der Waals surface area contributed by atoms with E-state index in [9.17, 15) is 0 Å². The minimum atomic E-state index is 0.594. The Balaban J connectivity index is 1.89. The molecule has 1 saturated heterocycles. The molecule has 1 aliphatic heterocycles. The van der Waals surface area contributed by atoms with Gasteiger partial charge in [-0.3, -0.25) is 4.90 Å². The third-order valence-electron chi connectivity index (χ3n) is 3.71. The maximum absolute atomic E-state index is 6.02. The highest BCUT2D eigenvalue weighted by Crippen LogP contribution is 2.23. The number of anilines is 1. The monoisotopic (exact) mass is 281 g/mol. The lowest BCUT2D eigenvalue weighted by atomic mass is 10.1. The molecule has 0 bridgehead atoms. The number of hydrogen-bond acceptors (Lipinski definition) is 3. The Bertz CT molecular complexity index is 387. The van der Waals surface area contributed by atoms with Gasteiger partial charge >= 0.3 is 0 Å². The number of benzene rings is 1. The van der Waals surface area contributed by atoms with Crippen LogP contribution in [0.3, 0.4) is 0 Å². The van der Waals surface area contributed by atoms with E-state index in [1.165, 1.54) is 11.3 Å². The van der Waals surface area contributed by atoms with Gasteiger partial charge in [0.15, 0.2) is 0 Å². The van der Waals surface area contributed by atoms with Gasteiger partial charge in [0, 0.05) is 50.8 Å². The smallest absolute Gasteiger partial charge is 0.0494 e. The fourth-order valence-corrected chi connectivity index (χ4v) is 2.71. The molecule has 4 heteroatoms. The molecule has 106 valence electrons. The predicted molar refractivity (Wildman–Crippen MR) is 83.2 cm³/mol. The van der Waals surface area contributed by atoms with Gasteiger partial charge in [-0.25, -0.2) is 0 Å². The highest BCUT2D eigenvalue weighted by molar-refractivity contribution is 6.17. The summed E-state index contributed by atoms with van der Waals surface area (Å²) in [5.74, 6) is 0.594. The highest BCUT2D eigenvalue weighted by Gasteiger charge is 2.18. The number of para-hydroxylation sites is 1. The molecule has 0 aromatic heterocycles. The van der Waals surface area contributed by atoms with Crippen molar-refractivity contribution in [2.24, 2.45) is 0 Å². The van der Waals surface area contributed by atoms with Gasteiger partial charge in [0.1, 0.15) is 0 Å². The zero-order valence-electron chi connectivity index (χ0n) is 12.0. The molecule has 3 nitrogen and oxygen atoms in total. The van der Waals surface area contributed by atoms with E-state index in [0.29, 0.717) is 5.88 Å². The Morgan fingerprint density at radius 3 is 2.42 bits per heavy atom. The Morgan fingerprint density at radius 2 is 1.79 bits per heavy atom. The van der Waals surface area contributed by atoms with Crippen molar-refractivity contribution < 1.29 is 0 Å². The number of piperazine rings is 1. The van der Waals surface area contributed by atoms with E-state index in [-0.39, 0.29) is 0 Å². The lowest BCUT2D eigenvalue weighted by Crippen LogP contribution is -2.48. The number of alkyl halides is 1. The summed E-state index contributed by atoms with van der Waals surface area (Å²) in [5, 5.41) is 0. The molecule has 19 heavy (non-hydrogen) atoms. The second kappa shape index (κ2) is 7.13. The van der Waals surface area contributed by atoms with Gasteiger partial charge in [-0.05, 0) is 25.7 Å². The maximum atomic E-state index is 6.02. The van der Waals surface area contributed by atoms with E-state index in [0.717, 1.165) is 39.3 Å². The molecule has 0 spiro atoms. The summed E-state index contributed by atoms with van der Waals surface area (Å²) in [6.45, 7) is 6.79. The number of likely N-dealkylation sites (N-methyl/N-ethyl adjacent to an activating group) is 1. The lowest BCUT2D eigenvalue weighted by molar-refractivity contribution is 0.229. The molecular formula is C15H24ClN3. The Hall–Kier alpha value is -0.770. The topological polar surface area (TPSA) is 9.72 Å². The number of halogens is 1. The molecule has 1 fully saturated rings. The first-order valence-corrected chi connectivity index (χ1v) is 7.50. The van der Waals surface area contributed by atoms with Crippen molar-refractivity contribution in [1.82, 2.24) is 9.80 Å². The van der Waals surface area contributed by atoms with E-state index in [4.69, 9.17) is 11.6 Å². The van der Waals surface area contributed by atoms with Crippen LogP contribution in [-0.2, 0) is 5.88 Å². The van der Waals surface area contributed by atoms with E-state index in [1.807, 2.05) is 0 Å². The first-order chi connectivity index (χ1) is 9.20. The van der Waals surface area contributed by atoms with Gasteiger partial charge < -0.3 is 9.80 Å². The third kappa shape index (κ3) is 4.10. The van der Waals surface area contributed by atoms with E-state index in [1.54, 1.807) is 0 Å². The average molecular weight is 282 g/mol. The lowest BCUT2D eigenvalue weighted by Gasteiger charge is -2.37. The standard InChI is InChI=1S/C15H24ClN3/c1-17(2)7-8-18-9-11-19(12-10-18)15-6-4-3-5-14(15)13-16/h3-6H,7-13H2,1-2H3. The summed E-state index contributed by atoms with van der Waals surface area (Å²) in [6, 6.07) is 8.48. The van der Waals surface area contributed by atoms with Crippen molar-refractivity contribution in [2.75, 3.05) is 58.3 Å². The molecule has 0 aliphatic carbocycles. The Kier molecular flexibility index (Phi) is 5.49. The van der Waals surface area contributed by atoms with Gasteiger partial charge in [0.2, 0.25) is 0 Å². The van der Waals surface area contributed by atoms with Crippen LogP contribution in [0.15, 0.2) is 24.3 Å². The Labute approximate surface area is 121 Å². The first-order valence-electron chi connectivity index (χ1n) is 6.96. The van der Waals surface area contributed by atoms with Crippen LogP contribution in [0.25, 0.3) is 0 Å². The summed E-state index contributed by atoms with van der Waals surface area (Å²) in [5.41, 5.74) is 2.55. The third-order valence-corrected chi connectivity index (χ3v) is 4.00. The van der Waals surface area contributed by atoms with Crippen LogP contribution in [0.1, 0.15) is 5.56 Å². The second-order valence-electron chi connectivity index (χ2n) is 5.39. The largest absolute Gasteiger partial charge is 0.369 e. The van der Waals surface area contributed by atoms with E-state index < -0.39 is 0 Å². The molecule has 2 rings (SSSR count). The molecule has 1 aromatic carbocycles. The van der Waals surface area contributed by atoms with Crippen molar-refractivity contribution in [3.63, 3.8) is 0 Å². The summed E-state index contributed by atoms with van der Waals surface area (Å²) in [7, 11) is 4.26. The molecule has 1 aromatic rings. The second-order valence-corrected chi connectivity index (χ2v) is 5.66. The fourth-order valence-electron chi connectivity index (χ4n) is 2.49. The van der Waals surface area contributed by atoms with Crippen LogP contribution in [-0.4, -0.2) is 63.2 Å². The molecule has 0 saturated carbocycles. The highest BCUT2D eigenvalue weighted by atomic mass is 35.5. The average Bonchev–Trinajstić information content (AvgIpc) is 2.45. The number of hydrogen-bond donors (Lipinski definition) is 0. The Morgan fingerprint density at radius 1 is 1.11 bits per heavy atom. The molecule has 0 radical (unpaired) electrons. The normalized spacial score (nSPS) is 17.2. The van der Waals surface area contributed by atoms with Gasteiger partial charge in [0.25, 0.3) is 0 Å². The van der Waals surface area contributed by atoms with Crippen LogP contribution in [0.5, 0.6) is 0 Å². The van der Waals surface area contributed by atoms with Gasteiger partial charge in [0.05, 0.1) is 0 Å². The predicted octanol–water partition coefficient (Wildman–Crippen LogP) is 2.11. The van der Waals surface area contributed by atoms with Crippen LogP contribution in [0, 0.1) is 0 Å². The van der Waals surface area contributed by atoms with Gasteiger partial charge in [-0.2, -0.15) is 0 Å². The number of nitrogens with zero attached hydrogens (tertiary/aromatic N) is 3. The van der Waals surface area contributed by atoms with Gasteiger partial charge in [-0.1, -0.05) is 18.2 Å². The molecule has 1 heterocycles.